The monoisotopic (exact) mass is 382 g/mol. The van der Waals surface area contributed by atoms with Crippen LogP contribution < -0.4 is 0 Å². The maximum atomic E-state index is 7.27. The van der Waals surface area contributed by atoms with Crippen LogP contribution in [0.2, 0.25) is 0 Å². The molecule has 4 rings (SSSR count). The van der Waals surface area contributed by atoms with Crippen molar-refractivity contribution in [2.24, 2.45) is 0 Å². The van der Waals surface area contributed by atoms with Crippen molar-refractivity contribution in [1.29, 1.82) is 0 Å². The lowest BCUT2D eigenvalue weighted by Crippen LogP contribution is -2.25. The van der Waals surface area contributed by atoms with E-state index in [-0.39, 0.29) is 0 Å². The Morgan fingerprint density at radius 1 is 0.615 bits per heavy atom. The zero-order valence-electron chi connectivity index (χ0n) is 15.8. The molecular formula is C24H24Cl2. The number of benzene rings is 2. The second-order valence-electron chi connectivity index (χ2n) is 7.69. The average Bonchev–Trinajstić information content (AvgIpc) is 2.98. The highest BCUT2D eigenvalue weighted by Gasteiger charge is 2.45. The Bertz CT molecular complexity index is 886. The van der Waals surface area contributed by atoms with E-state index < -0.39 is 9.75 Å². The van der Waals surface area contributed by atoms with E-state index in [1.807, 2.05) is 0 Å². The number of rotatable bonds is 3. The topological polar surface area (TPSA) is 0 Å². The Labute approximate surface area is 166 Å². The van der Waals surface area contributed by atoms with E-state index in [0.717, 1.165) is 12.8 Å². The van der Waals surface area contributed by atoms with Crippen LogP contribution in [0.25, 0.3) is 11.1 Å². The van der Waals surface area contributed by atoms with E-state index in [0.29, 0.717) is 0 Å². The van der Waals surface area contributed by atoms with Crippen LogP contribution in [-0.4, -0.2) is 0 Å². The molecule has 2 atom stereocenters. The number of halogens is 2. The van der Waals surface area contributed by atoms with E-state index >= 15 is 0 Å². The summed E-state index contributed by atoms with van der Waals surface area (Å²) in [5, 5.41) is 0. The molecule has 0 saturated carbocycles. The minimum atomic E-state index is -0.464. The van der Waals surface area contributed by atoms with E-state index in [1.54, 1.807) is 0 Å². The fourth-order valence-corrected chi connectivity index (χ4v) is 5.50. The van der Waals surface area contributed by atoms with Crippen LogP contribution in [0.4, 0.5) is 0 Å². The first-order chi connectivity index (χ1) is 12.3. The lowest BCUT2D eigenvalue weighted by Gasteiger charge is -2.32. The molecule has 0 N–H and O–H groups in total. The van der Waals surface area contributed by atoms with E-state index in [9.17, 15) is 0 Å². The maximum Gasteiger partial charge on any atom is 0.0914 e. The van der Waals surface area contributed by atoms with Crippen LogP contribution >= 0.6 is 23.2 Å². The minimum absolute atomic E-state index is 0.464. The van der Waals surface area contributed by atoms with Crippen molar-refractivity contribution in [2.75, 3.05) is 0 Å². The SMILES string of the molecule is CC1=C(C)C(Cl)(CCC2(Cl)C(C)=C(C)c3ccccc32)c2ccccc21. The van der Waals surface area contributed by atoms with Crippen LogP contribution in [0, 0.1) is 0 Å². The first kappa shape index (κ1) is 17.9. The van der Waals surface area contributed by atoms with Crippen molar-refractivity contribution in [3.8, 4) is 0 Å². The Hall–Kier alpha value is -1.50. The van der Waals surface area contributed by atoms with Crippen LogP contribution in [0.15, 0.2) is 59.7 Å². The van der Waals surface area contributed by atoms with Crippen molar-refractivity contribution in [3.63, 3.8) is 0 Å². The Morgan fingerprint density at radius 3 is 1.35 bits per heavy atom. The first-order valence-corrected chi connectivity index (χ1v) is 10.00. The number of hydrogen-bond donors (Lipinski definition) is 0. The van der Waals surface area contributed by atoms with Gasteiger partial charge in [-0.3, -0.25) is 0 Å². The third-order valence-corrected chi connectivity index (χ3v) is 8.00. The predicted molar refractivity (Wildman–Crippen MR) is 114 cm³/mol. The minimum Gasteiger partial charge on any atom is -0.109 e. The summed E-state index contributed by atoms with van der Waals surface area (Å²) in [5.74, 6) is 0. The van der Waals surface area contributed by atoms with Gasteiger partial charge in [0.15, 0.2) is 0 Å². The van der Waals surface area contributed by atoms with Gasteiger partial charge in [0.2, 0.25) is 0 Å². The number of alkyl halides is 2. The molecule has 0 aromatic heterocycles. The van der Waals surface area contributed by atoms with Crippen LogP contribution in [0.5, 0.6) is 0 Å². The van der Waals surface area contributed by atoms with Gasteiger partial charge in [-0.25, -0.2) is 0 Å². The number of allylic oxidation sites excluding steroid dienone is 4. The van der Waals surface area contributed by atoms with Gasteiger partial charge in [-0.1, -0.05) is 48.5 Å². The molecule has 0 spiro atoms. The van der Waals surface area contributed by atoms with E-state index in [2.05, 4.69) is 76.2 Å². The summed E-state index contributed by atoms with van der Waals surface area (Å²) < 4.78 is 0. The third kappa shape index (κ3) is 2.28. The summed E-state index contributed by atoms with van der Waals surface area (Å²) >= 11 is 14.5. The molecule has 26 heavy (non-hydrogen) atoms. The van der Waals surface area contributed by atoms with Crippen molar-refractivity contribution in [1.82, 2.24) is 0 Å². The van der Waals surface area contributed by atoms with Gasteiger partial charge in [0.25, 0.3) is 0 Å². The molecule has 134 valence electrons. The molecule has 0 fully saturated rings. The predicted octanol–water partition coefficient (Wildman–Crippen LogP) is 7.65. The highest BCUT2D eigenvalue weighted by molar-refractivity contribution is 6.29. The van der Waals surface area contributed by atoms with Gasteiger partial charge in [0, 0.05) is 0 Å². The molecule has 2 unspecified atom stereocenters. The van der Waals surface area contributed by atoms with E-state index in [4.69, 9.17) is 23.2 Å². The molecule has 2 aliphatic carbocycles. The summed E-state index contributed by atoms with van der Waals surface area (Å²) in [4.78, 5) is -0.928. The summed E-state index contributed by atoms with van der Waals surface area (Å²) in [6.07, 6.45) is 1.63. The van der Waals surface area contributed by atoms with Gasteiger partial charge < -0.3 is 0 Å². The largest absolute Gasteiger partial charge is 0.109 e. The van der Waals surface area contributed by atoms with Gasteiger partial charge in [0.05, 0.1) is 9.75 Å². The molecule has 0 aliphatic heterocycles. The summed E-state index contributed by atoms with van der Waals surface area (Å²) in [7, 11) is 0. The molecule has 2 aromatic rings. The Balaban J connectivity index is 1.72. The quantitative estimate of drug-likeness (QED) is 0.478. The summed E-state index contributed by atoms with van der Waals surface area (Å²) in [5.41, 5.74) is 10.1. The number of fused-ring (bicyclic) bond motifs is 2. The van der Waals surface area contributed by atoms with Gasteiger partial charge in [-0.05, 0) is 85.1 Å². The molecule has 2 heteroatoms. The van der Waals surface area contributed by atoms with E-state index in [1.165, 1.54) is 44.5 Å². The number of hydrogen-bond acceptors (Lipinski definition) is 0. The highest BCUT2D eigenvalue weighted by Crippen LogP contribution is 2.57. The van der Waals surface area contributed by atoms with Crippen LogP contribution in [-0.2, 0) is 9.75 Å². The van der Waals surface area contributed by atoms with Gasteiger partial charge in [-0.2, -0.15) is 0 Å². The normalized spacial score (nSPS) is 27.2. The van der Waals surface area contributed by atoms with Crippen molar-refractivity contribution in [3.05, 3.63) is 81.9 Å². The molecule has 2 aromatic carbocycles. The second kappa shape index (κ2) is 6.01. The standard InChI is InChI=1S/C24H24Cl2/c1-15-17(3)23(25,21-11-7-5-9-19(15)21)13-14-24(26)18(4)16(2)20-10-6-8-12-22(20)24/h5-12H,13-14H2,1-4H3. The molecule has 0 saturated heterocycles. The van der Waals surface area contributed by atoms with Gasteiger partial charge in [0.1, 0.15) is 0 Å². The average molecular weight is 383 g/mol. The van der Waals surface area contributed by atoms with Crippen molar-refractivity contribution >= 4 is 34.3 Å². The molecule has 0 amide bonds. The van der Waals surface area contributed by atoms with Crippen LogP contribution in [0.1, 0.15) is 62.8 Å². The van der Waals surface area contributed by atoms with Gasteiger partial charge in [-0.15, -0.1) is 23.2 Å². The molecule has 0 bridgehead atoms. The summed E-state index contributed by atoms with van der Waals surface area (Å²) in [6.45, 7) is 8.68. The fraction of sp³-hybridized carbons (Fsp3) is 0.333. The lowest BCUT2D eigenvalue weighted by atomic mass is 9.83. The van der Waals surface area contributed by atoms with Crippen molar-refractivity contribution < 1.29 is 0 Å². The maximum absolute atomic E-state index is 7.27. The molecule has 0 heterocycles. The molecule has 0 radical (unpaired) electrons. The Kier molecular flexibility index (Phi) is 4.13. The lowest BCUT2D eigenvalue weighted by molar-refractivity contribution is 0.536. The molecular weight excluding hydrogens is 359 g/mol. The zero-order chi connectivity index (χ0) is 18.7. The molecule has 0 nitrogen and oxygen atoms in total. The summed E-state index contributed by atoms with van der Waals surface area (Å²) in [6, 6.07) is 17.0. The zero-order valence-corrected chi connectivity index (χ0v) is 17.3. The smallest absolute Gasteiger partial charge is 0.0914 e. The Morgan fingerprint density at radius 2 is 0.962 bits per heavy atom. The highest BCUT2D eigenvalue weighted by atomic mass is 35.5. The fourth-order valence-electron chi connectivity index (χ4n) is 4.70. The van der Waals surface area contributed by atoms with Crippen molar-refractivity contribution in [2.45, 2.75) is 50.3 Å². The third-order valence-electron chi connectivity index (χ3n) is 6.64. The van der Waals surface area contributed by atoms with Gasteiger partial charge >= 0.3 is 0 Å². The molecule has 2 aliphatic rings. The second-order valence-corrected chi connectivity index (χ2v) is 8.98. The first-order valence-electron chi connectivity index (χ1n) is 9.24. The van der Waals surface area contributed by atoms with Crippen LogP contribution in [0.3, 0.4) is 0 Å².